The fourth-order valence-corrected chi connectivity index (χ4v) is 11.4. The molecule has 2 saturated heterocycles. The number of methoxy groups -OCH3 is 1. The highest BCUT2D eigenvalue weighted by Gasteiger charge is 2.55. The number of aliphatic hydroxyl groups excluding tert-OH is 4. The monoisotopic (exact) mass is 1280 g/mol. The largest absolute Gasteiger partial charge is 0.480 e. The van der Waals surface area contributed by atoms with Gasteiger partial charge < -0.3 is 87.2 Å². The fraction of sp³-hybridized carbons (Fsp3) is 0.469. The molecule has 3 aliphatic heterocycles. The topological polar surface area (TPSA) is 412 Å². The Morgan fingerprint density at radius 2 is 1.37 bits per heavy atom. The van der Waals surface area contributed by atoms with Crippen LogP contribution >= 0.6 is 0 Å². The summed E-state index contributed by atoms with van der Waals surface area (Å²) in [7, 11) is 1.29. The van der Waals surface area contributed by atoms with Gasteiger partial charge >= 0.3 is 23.7 Å². The number of carboxylic acids is 2. The molecule has 0 spiro atoms. The Morgan fingerprint density at radius 3 is 1.93 bits per heavy atom. The molecule has 28 heteroatoms. The van der Waals surface area contributed by atoms with Gasteiger partial charge in [0.05, 0.1) is 12.1 Å². The van der Waals surface area contributed by atoms with E-state index in [9.17, 15) is 64.2 Å². The van der Waals surface area contributed by atoms with Gasteiger partial charge in [0.1, 0.15) is 66.9 Å². The van der Waals surface area contributed by atoms with Crippen LogP contribution in [0.15, 0.2) is 136 Å². The molecular formula is C64H83N11O17. The average molecular weight is 1280 g/mol. The van der Waals surface area contributed by atoms with Crippen molar-refractivity contribution < 1.29 is 73.6 Å². The Kier molecular flexibility index (Phi) is 24.3. The number of ether oxygens (including phenoxy) is 4. The number of benzene rings is 4. The second kappa shape index (κ2) is 32.2. The van der Waals surface area contributed by atoms with Crippen LogP contribution < -0.4 is 48.9 Å². The normalized spacial score (nSPS) is 23.3. The van der Waals surface area contributed by atoms with Gasteiger partial charge in [-0.3, -0.25) is 38.6 Å². The van der Waals surface area contributed by atoms with Crippen LogP contribution in [-0.2, 0) is 51.2 Å². The van der Waals surface area contributed by atoms with Crippen molar-refractivity contribution in [2.24, 2.45) is 22.6 Å². The molecule has 4 aromatic carbocycles. The van der Waals surface area contributed by atoms with E-state index in [2.05, 4.69) is 41.9 Å². The number of aromatic nitrogens is 2. The first-order valence-electron chi connectivity index (χ1n) is 30.5. The van der Waals surface area contributed by atoms with Crippen LogP contribution in [0, 0.1) is 11.8 Å². The van der Waals surface area contributed by atoms with Crippen LogP contribution in [0.4, 0.5) is 4.79 Å². The second-order valence-electron chi connectivity index (χ2n) is 23.7. The fourth-order valence-electron chi connectivity index (χ4n) is 11.4. The van der Waals surface area contributed by atoms with Crippen molar-refractivity contribution in [2.75, 3.05) is 33.3 Å². The number of aliphatic hydroxyl groups is 4. The Bertz CT molecular complexity index is 3410. The van der Waals surface area contributed by atoms with Gasteiger partial charge in [0, 0.05) is 58.6 Å². The van der Waals surface area contributed by atoms with E-state index in [1.165, 1.54) is 12.0 Å². The zero-order chi connectivity index (χ0) is 66.3. The zero-order valence-electron chi connectivity index (χ0n) is 51.6. The van der Waals surface area contributed by atoms with E-state index in [0.29, 0.717) is 12.1 Å². The van der Waals surface area contributed by atoms with E-state index >= 15 is 0 Å². The number of nitrogens with zero attached hydrogens (tertiary/aromatic N) is 3. The highest BCUT2D eigenvalue weighted by atomic mass is 16.7. The molecule has 496 valence electrons. The zero-order valence-corrected chi connectivity index (χ0v) is 51.6. The van der Waals surface area contributed by atoms with E-state index in [0.717, 1.165) is 44.6 Å². The molecule has 3 aliphatic rings. The minimum absolute atomic E-state index is 0.0412. The number of H-pyrrole nitrogens is 1. The van der Waals surface area contributed by atoms with Gasteiger partial charge in [-0.15, -0.1) is 0 Å². The molecule has 0 bridgehead atoms. The maximum atomic E-state index is 14.4. The third-order valence-corrected chi connectivity index (χ3v) is 16.5. The summed E-state index contributed by atoms with van der Waals surface area (Å²) < 4.78 is 25.9. The molecule has 28 nitrogen and oxygen atoms in total. The van der Waals surface area contributed by atoms with E-state index < -0.39 is 144 Å². The third-order valence-electron chi connectivity index (χ3n) is 16.5. The predicted octanol–water partition coefficient (Wildman–Crippen LogP) is 0.183. The highest BCUT2D eigenvalue weighted by molar-refractivity contribution is 5.94. The number of aromatic amines is 1. The van der Waals surface area contributed by atoms with Crippen LogP contribution in [0.2, 0.25) is 0 Å². The number of urea groups is 1. The van der Waals surface area contributed by atoms with Gasteiger partial charge in [-0.05, 0) is 58.1 Å². The standard InChI is InChI=1S/C64H83N11O17/c1-34(2)45(59(83)84)72-63(87)73-46(42-25-28-68-62(65)69-42)57(82)71-47(49(77)35(3)4)56(81)67-27-12-29-74(33-37-19-23-41(24-20-37)39-15-10-7-11-16-39)48(60(85)86)53(54-51(79)52(80)58(91-54)75-30-26-44(76)70-64(75)88)92-61-55(89-5)50(78)43(90-61)32-66-31-36-17-21-40(22-18-36)38-13-8-6-9-14-38/h6-11,13-24,26,30,34-35,42-43,45-55,58,61,66,77-80H,12,25,27-29,31-33H2,1-5H3,(H,67,81)(H,71,82)(H,83,84)(H,85,86)(H3,65,68,69)(H,70,76,88)(H2,72,73,87)/t42-,43+,45-,46-,47-,48-,49-,50+,51-,52+,53?,54-,55+,58+,61-/m0/s1. The van der Waals surface area contributed by atoms with Crippen molar-refractivity contribution in [3.8, 4) is 22.3 Å². The van der Waals surface area contributed by atoms with Crippen molar-refractivity contribution in [2.45, 2.75) is 145 Å². The maximum absolute atomic E-state index is 14.4. The summed E-state index contributed by atoms with van der Waals surface area (Å²) >= 11 is 0. The van der Waals surface area contributed by atoms with Crippen LogP contribution in [0.25, 0.3) is 22.3 Å². The summed E-state index contributed by atoms with van der Waals surface area (Å²) in [6.45, 7) is 6.35. The number of nitrogens with two attached hydrogens (primary N) is 1. The third kappa shape index (κ3) is 17.6. The summed E-state index contributed by atoms with van der Waals surface area (Å²) in [4.78, 5) is 101. The number of hydrogen-bond acceptors (Lipinski definition) is 20. The molecule has 1 unspecified atom stereocenters. The van der Waals surface area contributed by atoms with Crippen molar-refractivity contribution in [3.63, 3.8) is 0 Å². The number of guanidine groups is 1. The van der Waals surface area contributed by atoms with Crippen molar-refractivity contribution in [1.82, 2.24) is 46.4 Å². The van der Waals surface area contributed by atoms with Gasteiger partial charge in [-0.1, -0.05) is 137 Å². The first-order valence-corrected chi connectivity index (χ1v) is 30.5. The SMILES string of the molecule is CO[C@H]1[C@H](OC([C@H]2O[C@@H](n3ccc(=O)[nH]c3=O)[C@H](O)[C@@H]2O)[C@@H](C(=O)O)N(CCCNC(=O)[C@@H](NC(=O)[C@@H](NC(=O)N[C@H](C(=O)O)C(C)C)[C@@H]2CCN=C(N)N2)[C@@H](O)C(C)C)Cc2ccc(-c3ccccc3)cc2)O[C@H](CNCc2ccc(-c3ccccc3)cc2)[C@H]1O. The van der Waals surface area contributed by atoms with Crippen LogP contribution in [0.1, 0.15) is 57.9 Å². The first kappa shape index (κ1) is 69.5. The second-order valence-corrected chi connectivity index (χ2v) is 23.7. The maximum Gasteiger partial charge on any atom is 0.330 e. The molecule has 0 radical (unpaired) electrons. The number of carbonyl (C=O) groups is 5. The molecule has 1 aromatic heterocycles. The molecule has 15 N–H and O–H groups in total. The number of nitrogens with one attached hydrogen (secondary N) is 7. The summed E-state index contributed by atoms with van der Waals surface area (Å²) in [6, 6.07) is 27.2. The van der Waals surface area contributed by atoms with Crippen molar-refractivity contribution >= 4 is 35.7 Å². The summed E-state index contributed by atoms with van der Waals surface area (Å²) in [5, 5.41) is 84.7. The number of rotatable bonds is 30. The van der Waals surface area contributed by atoms with E-state index in [1.54, 1.807) is 39.8 Å². The molecule has 8 rings (SSSR count). The lowest BCUT2D eigenvalue weighted by Gasteiger charge is -2.39. The van der Waals surface area contributed by atoms with E-state index in [-0.39, 0.29) is 51.5 Å². The molecule has 15 atom stereocenters. The molecule has 5 aromatic rings. The van der Waals surface area contributed by atoms with Gasteiger partial charge in [0.2, 0.25) is 11.8 Å². The summed E-state index contributed by atoms with van der Waals surface area (Å²) in [5.74, 6) is -5.91. The molecule has 0 aliphatic carbocycles. The summed E-state index contributed by atoms with van der Waals surface area (Å²) in [5.41, 5.74) is 9.49. The minimum Gasteiger partial charge on any atom is -0.480 e. The smallest absolute Gasteiger partial charge is 0.330 e. The lowest BCUT2D eigenvalue weighted by Crippen LogP contribution is -2.66. The molecule has 4 amide bonds. The predicted molar refractivity (Wildman–Crippen MR) is 335 cm³/mol. The van der Waals surface area contributed by atoms with Gasteiger partial charge in [0.15, 0.2) is 18.5 Å². The Hall–Kier alpha value is -8.42. The van der Waals surface area contributed by atoms with E-state index in [1.807, 2.05) is 97.1 Å². The number of hydrogen-bond donors (Lipinski definition) is 14. The number of carbonyl (C=O) groups excluding carboxylic acids is 3. The molecule has 4 heterocycles. The number of aliphatic carboxylic acids is 2. The highest BCUT2D eigenvalue weighted by Crippen LogP contribution is 2.37. The molecule has 0 saturated carbocycles. The summed E-state index contributed by atoms with van der Waals surface area (Å²) in [6.07, 6.45) is -14.9. The molecular weight excluding hydrogens is 1190 g/mol. The number of carboxylic acid groups (broad SMARTS) is 2. The van der Waals surface area contributed by atoms with Crippen LogP contribution in [0.3, 0.4) is 0 Å². The average Bonchev–Trinajstić information content (AvgIpc) is 1.65. The van der Waals surface area contributed by atoms with Crippen LogP contribution in [0.5, 0.6) is 0 Å². The first-order chi connectivity index (χ1) is 44.0. The lowest BCUT2D eigenvalue weighted by atomic mass is 9.96. The Morgan fingerprint density at radius 1 is 0.750 bits per heavy atom. The Labute approximate surface area is 530 Å². The van der Waals surface area contributed by atoms with Crippen molar-refractivity contribution in [3.05, 3.63) is 153 Å². The van der Waals surface area contributed by atoms with Gasteiger partial charge in [0.25, 0.3) is 5.56 Å². The number of aliphatic imine (C=N–C) groups is 1. The van der Waals surface area contributed by atoms with Gasteiger partial charge in [-0.2, -0.15) is 0 Å². The van der Waals surface area contributed by atoms with Crippen LogP contribution in [-0.4, -0.2) is 199 Å². The lowest BCUT2D eigenvalue weighted by molar-refractivity contribution is -0.239. The van der Waals surface area contributed by atoms with Gasteiger partial charge in [-0.25, -0.2) is 14.4 Å². The number of amides is 4. The van der Waals surface area contributed by atoms with Crippen molar-refractivity contribution in [1.29, 1.82) is 0 Å². The Balaban J connectivity index is 1.07. The molecule has 92 heavy (non-hydrogen) atoms. The minimum atomic E-state index is -1.99. The quantitative estimate of drug-likeness (QED) is 0.0273. The molecule has 2 fully saturated rings. The van der Waals surface area contributed by atoms with E-state index in [4.69, 9.17) is 24.7 Å².